The molecule has 1 fully saturated rings. The van der Waals surface area contributed by atoms with E-state index in [1.165, 1.54) is 32.9 Å². The van der Waals surface area contributed by atoms with Crippen LogP contribution in [0.3, 0.4) is 0 Å². The second kappa shape index (κ2) is 9.31. The zero-order valence-electron chi connectivity index (χ0n) is 16.3. The summed E-state index contributed by atoms with van der Waals surface area (Å²) in [5.41, 5.74) is 0. The van der Waals surface area contributed by atoms with Gasteiger partial charge in [-0.2, -0.15) is 8.61 Å². The number of hydrogen-bond donors (Lipinski definition) is 1. The fraction of sp³-hybridized carbons (Fsp3) is 0.588. The molecule has 0 aromatic heterocycles. The summed E-state index contributed by atoms with van der Waals surface area (Å²) in [6.45, 7) is 6.52. The van der Waals surface area contributed by atoms with Gasteiger partial charge in [0, 0.05) is 32.7 Å². The lowest BCUT2D eigenvalue weighted by atomic mass is 10.2. The first-order chi connectivity index (χ1) is 13.2. The molecule has 0 saturated carbocycles. The normalized spacial score (nSPS) is 18.9. The van der Waals surface area contributed by atoms with Gasteiger partial charge in [-0.3, -0.25) is 4.79 Å². The number of esters is 1. The van der Waals surface area contributed by atoms with Gasteiger partial charge in [-0.25, -0.2) is 16.8 Å². The summed E-state index contributed by atoms with van der Waals surface area (Å²) in [5, 5.41) is 2.95. The maximum absolute atomic E-state index is 12.9. The van der Waals surface area contributed by atoms with Crippen LogP contribution in [-0.2, 0) is 29.6 Å². The highest BCUT2D eigenvalue weighted by atomic mass is 32.2. The van der Waals surface area contributed by atoms with E-state index in [0.29, 0.717) is 19.6 Å². The Morgan fingerprint density at radius 1 is 1.11 bits per heavy atom. The first-order valence-electron chi connectivity index (χ1n) is 9.18. The van der Waals surface area contributed by atoms with Gasteiger partial charge in [-0.05, 0) is 31.2 Å². The molecule has 1 aliphatic heterocycles. The Hall–Kier alpha value is -1.53. The molecule has 1 atom stereocenters. The molecule has 0 amide bonds. The number of sulfonamides is 2. The van der Waals surface area contributed by atoms with Crippen LogP contribution >= 0.6 is 0 Å². The molecule has 9 nitrogen and oxygen atoms in total. The lowest BCUT2D eigenvalue weighted by Crippen LogP contribution is -2.56. The van der Waals surface area contributed by atoms with Crippen molar-refractivity contribution in [3.8, 4) is 0 Å². The molecule has 1 aromatic rings. The van der Waals surface area contributed by atoms with Crippen LogP contribution in [0.2, 0.25) is 0 Å². The number of carbonyl (C=O) groups excluding carboxylic acids is 1. The van der Waals surface area contributed by atoms with Crippen LogP contribution in [0.5, 0.6) is 0 Å². The Morgan fingerprint density at radius 2 is 1.68 bits per heavy atom. The number of nitrogens with zero attached hydrogens (tertiary/aromatic N) is 2. The third-order valence-corrected chi connectivity index (χ3v) is 8.46. The molecule has 0 unspecified atom stereocenters. The number of ether oxygens (including phenoxy) is 1. The lowest BCUT2D eigenvalue weighted by molar-refractivity contribution is -0.146. The molecule has 1 N–H and O–H groups in total. The van der Waals surface area contributed by atoms with Gasteiger partial charge in [0.25, 0.3) is 0 Å². The van der Waals surface area contributed by atoms with Gasteiger partial charge in [0.1, 0.15) is 6.04 Å². The monoisotopic (exact) mass is 433 g/mol. The van der Waals surface area contributed by atoms with Crippen molar-refractivity contribution >= 4 is 26.0 Å². The van der Waals surface area contributed by atoms with E-state index in [1.54, 1.807) is 20.8 Å². The van der Waals surface area contributed by atoms with Crippen molar-refractivity contribution in [3.63, 3.8) is 0 Å². The van der Waals surface area contributed by atoms with Crippen molar-refractivity contribution in [2.45, 2.75) is 36.6 Å². The number of rotatable bonds is 8. The third kappa shape index (κ3) is 4.71. The molecule has 1 aromatic carbocycles. The van der Waals surface area contributed by atoms with Crippen LogP contribution < -0.4 is 5.32 Å². The van der Waals surface area contributed by atoms with E-state index in [1.807, 2.05) is 0 Å². The molecular formula is C17H27N3O6S2. The summed E-state index contributed by atoms with van der Waals surface area (Å²) in [4.78, 5) is 11.9. The molecule has 1 heterocycles. The Balaban J connectivity index is 2.23. The first kappa shape index (κ1) is 22.8. The molecule has 2 rings (SSSR count). The summed E-state index contributed by atoms with van der Waals surface area (Å²) < 4.78 is 58.4. The molecule has 1 saturated heterocycles. The standard InChI is InChI=1S/C17H27N3O6S2/c1-4-19(5-2)27(22,23)14-7-9-15(10-8-14)28(24,25)20-12-11-18-16(13-20)17(21)26-6-3/h7-10,16,18H,4-6,11-13H2,1-3H3/t16-/m1/s1. The minimum atomic E-state index is -3.86. The smallest absolute Gasteiger partial charge is 0.324 e. The first-order valence-corrected chi connectivity index (χ1v) is 12.1. The van der Waals surface area contributed by atoms with E-state index in [4.69, 9.17) is 4.74 Å². The van der Waals surface area contributed by atoms with Crippen molar-refractivity contribution in [1.29, 1.82) is 0 Å². The number of carbonyl (C=O) groups is 1. The van der Waals surface area contributed by atoms with Crippen molar-refractivity contribution in [3.05, 3.63) is 24.3 Å². The Morgan fingerprint density at radius 3 is 2.21 bits per heavy atom. The zero-order valence-corrected chi connectivity index (χ0v) is 17.9. The van der Waals surface area contributed by atoms with Gasteiger partial charge in [0.15, 0.2) is 0 Å². The molecule has 0 aliphatic carbocycles. The van der Waals surface area contributed by atoms with Crippen molar-refractivity contribution in [2.24, 2.45) is 0 Å². The Bertz CT molecular complexity index is 880. The molecule has 11 heteroatoms. The fourth-order valence-corrected chi connectivity index (χ4v) is 5.90. The van der Waals surface area contributed by atoms with E-state index in [2.05, 4.69) is 5.32 Å². The van der Waals surface area contributed by atoms with Gasteiger partial charge >= 0.3 is 5.97 Å². The third-order valence-electron chi connectivity index (χ3n) is 4.51. The number of benzene rings is 1. The van der Waals surface area contributed by atoms with Crippen molar-refractivity contribution in [1.82, 2.24) is 13.9 Å². The molecule has 28 heavy (non-hydrogen) atoms. The highest BCUT2D eigenvalue weighted by Gasteiger charge is 2.34. The van der Waals surface area contributed by atoms with Crippen molar-refractivity contribution < 1.29 is 26.4 Å². The molecule has 0 radical (unpaired) electrons. The largest absolute Gasteiger partial charge is 0.465 e. The van der Waals surface area contributed by atoms with Gasteiger partial charge in [-0.1, -0.05) is 13.8 Å². The van der Waals surface area contributed by atoms with E-state index in [9.17, 15) is 21.6 Å². The predicted octanol–water partition coefficient (Wildman–Crippen LogP) is 0.243. The average molecular weight is 434 g/mol. The highest BCUT2D eigenvalue weighted by Crippen LogP contribution is 2.22. The summed E-state index contributed by atoms with van der Waals surface area (Å²) in [6.07, 6.45) is 0. The fourth-order valence-electron chi connectivity index (χ4n) is 2.99. The minimum Gasteiger partial charge on any atom is -0.465 e. The van der Waals surface area contributed by atoms with Crippen LogP contribution in [0.1, 0.15) is 20.8 Å². The van der Waals surface area contributed by atoms with Gasteiger partial charge in [-0.15, -0.1) is 0 Å². The maximum Gasteiger partial charge on any atom is 0.324 e. The van der Waals surface area contributed by atoms with E-state index >= 15 is 0 Å². The van der Waals surface area contributed by atoms with E-state index < -0.39 is 32.1 Å². The predicted molar refractivity (Wildman–Crippen MR) is 104 cm³/mol. The molecule has 1 aliphatic rings. The average Bonchev–Trinajstić information content (AvgIpc) is 2.69. The minimum absolute atomic E-state index is 0.0181. The Kier molecular flexibility index (Phi) is 7.57. The molecule has 0 spiro atoms. The quantitative estimate of drug-likeness (QED) is 0.585. The van der Waals surface area contributed by atoms with Crippen LogP contribution in [0, 0.1) is 0 Å². The van der Waals surface area contributed by atoms with Crippen molar-refractivity contribution in [2.75, 3.05) is 39.3 Å². The summed E-state index contributed by atoms with van der Waals surface area (Å²) in [7, 11) is -7.52. The van der Waals surface area contributed by atoms with Crippen LogP contribution in [0.25, 0.3) is 0 Å². The number of piperazine rings is 1. The zero-order chi connectivity index (χ0) is 20.9. The van der Waals surface area contributed by atoms with Gasteiger partial charge in [0.05, 0.1) is 16.4 Å². The molecule has 0 bridgehead atoms. The van der Waals surface area contributed by atoms with Gasteiger partial charge < -0.3 is 10.1 Å². The van der Waals surface area contributed by atoms with E-state index in [0.717, 1.165) is 0 Å². The SMILES string of the molecule is CCOC(=O)[C@H]1CN(S(=O)(=O)c2ccc(S(=O)(=O)N(CC)CC)cc2)CCN1. The molecule has 158 valence electrons. The Labute approximate surface area is 166 Å². The molecular weight excluding hydrogens is 406 g/mol. The van der Waals surface area contributed by atoms with E-state index in [-0.39, 0.29) is 29.5 Å². The second-order valence-electron chi connectivity index (χ2n) is 6.18. The highest BCUT2D eigenvalue weighted by molar-refractivity contribution is 7.89. The summed E-state index contributed by atoms with van der Waals surface area (Å²) in [5.74, 6) is -0.497. The van der Waals surface area contributed by atoms with Gasteiger partial charge in [0.2, 0.25) is 20.0 Å². The lowest BCUT2D eigenvalue weighted by Gasteiger charge is -2.31. The van der Waals surface area contributed by atoms with Crippen LogP contribution in [0.15, 0.2) is 34.1 Å². The summed E-state index contributed by atoms with van der Waals surface area (Å²) in [6, 6.07) is 4.43. The second-order valence-corrected chi connectivity index (χ2v) is 10.1. The maximum atomic E-state index is 12.9. The topological polar surface area (TPSA) is 113 Å². The van der Waals surface area contributed by atoms with Crippen LogP contribution in [0.4, 0.5) is 0 Å². The number of hydrogen-bond acceptors (Lipinski definition) is 7. The summed E-state index contributed by atoms with van der Waals surface area (Å²) >= 11 is 0. The van der Waals surface area contributed by atoms with Crippen LogP contribution in [-0.4, -0.2) is 76.8 Å². The number of nitrogens with one attached hydrogen (secondary N) is 1.